The third-order valence-corrected chi connectivity index (χ3v) is 3.10. The number of phenolic OH excluding ortho intramolecular Hbond substituents is 1. The number of phenols is 1. The standard InChI is InChI=1S/C17H17NO3/c1-18(14-9-10-15(19)16(12-14)21-2)17(20)11-8-13-6-4-3-5-7-13/h3-12,19H,1-2H3/b11-8+. The number of hydrogen-bond acceptors (Lipinski definition) is 3. The van der Waals surface area contributed by atoms with Crippen molar-refractivity contribution in [3.8, 4) is 11.5 Å². The molecule has 0 saturated heterocycles. The van der Waals surface area contributed by atoms with Crippen LogP contribution in [-0.2, 0) is 4.79 Å². The third-order valence-electron chi connectivity index (χ3n) is 3.10. The normalized spacial score (nSPS) is 10.6. The van der Waals surface area contributed by atoms with Crippen LogP contribution in [0.1, 0.15) is 5.56 Å². The molecule has 0 saturated carbocycles. The largest absolute Gasteiger partial charge is 0.504 e. The number of methoxy groups -OCH3 is 1. The maximum Gasteiger partial charge on any atom is 0.250 e. The van der Waals surface area contributed by atoms with Crippen LogP contribution in [0.2, 0.25) is 0 Å². The molecule has 21 heavy (non-hydrogen) atoms. The molecule has 2 rings (SSSR count). The molecule has 0 aromatic heterocycles. The highest BCUT2D eigenvalue weighted by atomic mass is 16.5. The van der Waals surface area contributed by atoms with E-state index in [9.17, 15) is 9.90 Å². The number of ether oxygens (including phenoxy) is 1. The molecule has 4 heteroatoms. The first-order valence-corrected chi connectivity index (χ1v) is 6.49. The van der Waals surface area contributed by atoms with Gasteiger partial charge in [0.25, 0.3) is 5.91 Å². The van der Waals surface area contributed by atoms with E-state index < -0.39 is 0 Å². The second kappa shape index (κ2) is 6.61. The SMILES string of the molecule is COc1cc(N(C)C(=O)/C=C/c2ccccc2)ccc1O. The van der Waals surface area contributed by atoms with Crippen LogP contribution in [0.3, 0.4) is 0 Å². The van der Waals surface area contributed by atoms with Gasteiger partial charge in [0.15, 0.2) is 11.5 Å². The van der Waals surface area contributed by atoms with Gasteiger partial charge in [0.05, 0.1) is 7.11 Å². The van der Waals surface area contributed by atoms with E-state index in [1.807, 2.05) is 30.3 Å². The summed E-state index contributed by atoms with van der Waals surface area (Å²) in [5.74, 6) is 0.215. The van der Waals surface area contributed by atoms with Crippen molar-refractivity contribution < 1.29 is 14.6 Å². The summed E-state index contributed by atoms with van der Waals surface area (Å²) < 4.78 is 5.04. The highest BCUT2D eigenvalue weighted by Crippen LogP contribution is 2.30. The molecule has 0 aliphatic rings. The van der Waals surface area contributed by atoms with Gasteiger partial charge in [-0.1, -0.05) is 30.3 Å². The first-order valence-electron chi connectivity index (χ1n) is 6.49. The third kappa shape index (κ3) is 3.63. The van der Waals surface area contributed by atoms with E-state index in [2.05, 4.69) is 0 Å². The van der Waals surface area contributed by atoms with Crippen LogP contribution < -0.4 is 9.64 Å². The number of anilines is 1. The maximum absolute atomic E-state index is 12.1. The van der Waals surface area contributed by atoms with E-state index in [0.717, 1.165) is 5.56 Å². The van der Waals surface area contributed by atoms with Gasteiger partial charge in [0, 0.05) is 24.9 Å². The molecule has 0 fully saturated rings. The minimum Gasteiger partial charge on any atom is -0.504 e. The molecule has 2 aromatic carbocycles. The molecule has 0 bridgehead atoms. The number of rotatable bonds is 4. The number of likely N-dealkylation sites (N-methyl/N-ethyl adjacent to an activating group) is 1. The fraction of sp³-hybridized carbons (Fsp3) is 0.118. The van der Waals surface area contributed by atoms with Crippen molar-refractivity contribution in [1.82, 2.24) is 0 Å². The molecule has 108 valence electrons. The Labute approximate surface area is 123 Å². The number of carbonyl (C=O) groups is 1. The van der Waals surface area contributed by atoms with Crippen LogP contribution in [0.5, 0.6) is 11.5 Å². The van der Waals surface area contributed by atoms with Crippen molar-refractivity contribution in [3.63, 3.8) is 0 Å². The Bertz CT molecular complexity index is 650. The number of amides is 1. The lowest BCUT2D eigenvalue weighted by atomic mass is 10.2. The summed E-state index contributed by atoms with van der Waals surface area (Å²) in [6.45, 7) is 0. The lowest BCUT2D eigenvalue weighted by Crippen LogP contribution is -2.23. The number of hydrogen-bond donors (Lipinski definition) is 1. The summed E-state index contributed by atoms with van der Waals surface area (Å²) >= 11 is 0. The Morgan fingerprint density at radius 1 is 1.19 bits per heavy atom. The van der Waals surface area contributed by atoms with Crippen LogP contribution >= 0.6 is 0 Å². The van der Waals surface area contributed by atoms with Gasteiger partial charge in [0.1, 0.15) is 0 Å². The lowest BCUT2D eigenvalue weighted by Gasteiger charge is -2.16. The minimum atomic E-state index is -0.161. The topological polar surface area (TPSA) is 49.8 Å². The zero-order valence-corrected chi connectivity index (χ0v) is 12.0. The molecule has 4 nitrogen and oxygen atoms in total. The lowest BCUT2D eigenvalue weighted by molar-refractivity contribution is -0.113. The molecule has 2 aromatic rings. The second-order valence-electron chi connectivity index (χ2n) is 4.50. The first kappa shape index (κ1) is 14.7. The predicted molar refractivity (Wildman–Crippen MR) is 83.5 cm³/mol. The maximum atomic E-state index is 12.1. The van der Waals surface area contributed by atoms with E-state index in [1.54, 1.807) is 25.3 Å². The van der Waals surface area contributed by atoms with E-state index in [-0.39, 0.29) is 11.7 Å². The Hall–Kier alpha value is -2.75. The number of nitrogens with zero attached hydrogens (tertiary/aromatic N) is 1. The molecule has 1 N–H and O–H groups in total. The number of benzene rings is 2. The zero-order chi connectivity index (χ0) is 15.2. The summed E-state index contributed by atoms with van der Waals surface area (Å²) in [6.07, 6.45) is 3.27. The van der Waals surface area contributed by atoms with Gasteiger partial charge in [-0.2, -0.15) is 0 Å². The van der Waals surface area contributed by atoms with E-state index in [0.29, 0.717) is 11.4 Å². The Balaban J connectivity index is 2.14. The van der Waals surface area contributed by atoms with Crippen LogP contribution in [-0.4, -0.2) is 25.2 Å². The van der Waals surface area contributed by atoms with Crippen molar-refractivity contribution in [2.24, 2.45) is 0 Å². The molecule has 1 amide bonds. The molecule has 0 radical (unpaired) electrons. The zero-order valence-electron chi connectivity index (χ0n) is 12.0. The Kier molecular flexibility index (Phi) is 4.61. The summed E-state index contributed by atoms with van der Waals surface area (Å²) in [5, 5.41) is 9.56. The number of carbonyl (C=O) groups excluding carboxylic acids is 1. The van der Waals surface area contributed by atoms with Crippen molar-refractivity contribution >= 4 is 17.7 Å². The van der Waals surface area contributed by atoms with Gasteiger partial charge in [-0.3, -0.25) is 4.79 Å². The Morgan fingerprint density at radius 2 is 1.90 bits per heavy atom. The molecular weight excluding hydrogens is 266 g/mol. The molecule has 0 aliphatic heterocycles. The number of aromatic hydroxyl groups is 1. The van der Waals surface area contributed by atoms with Crippen LogP contribution in [0.4, 0.5) is 5.69 Å². The van der Waals surface area contributed by atoms with Crippen molar-refractivity contribution in [2.75, 3.05) is 19.1 Å². The minimum absolute atomic E-state index is 0.0435. The molecule has 0 spiro atoms. The Morgan fingerprint density at radius 3 is 2.57 bits per heavy atom. The van der Waals surface area contributed by atoms with Gasteiger partial charge in [-0.15, -0.1) is 0 Å². The fourth-order valence-corrected chi connectivity index (χ4v) is 1.85. The van der Waals surface area contributed by atoms with Crippen molar-refractivity contribution in [1.29, 1.82) is 0 Å². The van der Waals surface area contributed by atoms with Gasteiger partial charge in [0.2, 0.25) is 0 Å². The first-order chi connectivity index (χ1) is 10.1. The molecule has 0 aliphatic carbocycles. The molecule has 0 atom stereocenters. The van der Waals surface area contributed by atoms with E-state index in [4.69, 9.17) is 4.74 Å². The molecular formula is C17H17NO3. The summed E-state index contributed by atoms with van der Waals surface area (Å²) in [6, 6.07) is 14.4. The van der Waals surface area contributed by atoms with Crippen LogP contribution in [0.15, 0.2) is 54.6 Å². The van der Waals surface area contributed by atoms with Gasteiger partial charge in [-0.05, 0) is 23.8 Å². The fourth-order valence-electron chi connectivity index (χ4n) is 1.85. The molecule has 0 heterocycles. The van der Waals surface area contributed by atoms with Gasteiger partial charge < -0.3 is 14.7 Å². The molecule has 0 unspecified atom stereocenters. The van der Waals surface area contributed by atoms with Crippen LogP contribution in [0, 0.1) is 0 Å². The average Bonchev–Trinajstić information content (AvgIpc) is 2.53. The van der Waals surface area contributed by atoms with Gasteiger partial charge >= 0.3 is 0 Å². The summed E-state index contributed by atoms with van der Waals surface area (Å²) in [4.78, 5) is 13.6. The highest BCUT2D eigenvalue weighted by Gasteiger charge is 2.10. The monoisotopic (exact) mass is 283 g/mol. The average molecular weight is 283 g/mol. The van der Waals surface area contributed by atoms with Gasteiger partial charge in [-0.25, -0.2) is 0 Å². The summed E-state index contributed by atoms with van der Waals surface area (Å²) in [7, 11) is 3.14. The van der Waals surface area contributed by atoms with Crippen LogP contribution in [0.25, 0.3) is 6.08 Å². The smallest absolute Gasteiger partial charge is 0.250 e. The van der Waals surface area contributed by atoms with E-state index >= 15 is 0 Å². The summed E-state index contributed by atoms with van der Waals surface area (Å²) in [5.41, 5.74) is 1.61. The van der Waals surface area contributed by atoms with Crippen molar-refractivity contribution in [2.45, 2.75) is 0 Å². The highest BCUT2D eigenvalue weighted by molar-refractivity contribution is 6.03. The van der Waals surface area contributed by atoms with E-state index in [1.165, 1.54) is 24.2 Å². The second-order valence-corrected chi connectivity index (χ2v) is 4.50. The van der Waals surface area contributed by atoms with Crippen molar-refractivity contribution in [3.05, 3.63) is 60.2 Å². The quantitative estimate of drug-likeness (QED) is 0.877. The predicted octanol–water partition coefficient (Wildman–Crippen LogP) is 3.08.